The van der Waals surface area contributed by atoms with E-state index in [1.807, 2.05) is 44.2 Å². The van der Waals surface area contributed by atoms with Crippen LogP contribution in [0.5, 0.6) is 11.5 Å². The Labute approximate surface area is 225 Å². The molecule has 3 aromatic rings. The summed E-state index contributed by atoms with van der Waals surface area (Å²) >= 11 is 7.42. The van der Waals surface area contributed by atoms with Gasteiger partial charge >= 0.3 is 0 Å². The van der Waals surface area contributed by atoms with E-state index in [4.69, 9.17) is 21.1 Å². The van der Waals surface area contributed by atoms with Gasteiger partial charge < -0.3 is 14.8 Å². The van der Waals surface area contributed by atoms with Gasteiger partial charge in [0.1, 0.15) is 0 Å². The Morgan fingerprint density at radius 2 is 1.81 bits per heavy atom. The number of aliphatic imine (C=N–C) groups is 1. The van der Waals surface area contributed by atoms with Crippen LogP contribution in [0.25, 0.3) is 6.08 Å². The molecule has 1 aliphatic rings. The maximum atomic E-state index is 13.2. The number of amides is 2. The summed E-state index contributed by atoms with van der Waals surface area (Å²) < 4.78 is 11.2. The summed E-state index contributed by atoms with van der Waals surface area (Å²) in [5.74, 6) is 0.382. The van der Waals surface area contributed by atoms with Gasteiger partial charge in [0.05, 0.1) is 28.4 Å². The summed E-state index contributed by atoms with van der Waals surface area (Å²) in [7, 11) is 1.52. The zero-order chi connectivity index (χ0) is 26.4. The smallest absolute Gasteiger partial charge is 0.266 e. The van der Waals surface area contributed by atoms with Crippen LogP contribution >= 0.6 is 23.4 Å². The van der Waals surface area contributed by atoms with Crippen LogP contribution < -0.4 is 14.8 Å². The molecule has 0 radical (unpaired) electrons. The second kappa shape index (κ2) is 12.0. The molecular formula is C28H26ClN3O4S. The quantitative estimate of drug-likeness (QED) is 0.339. The molecule has 1 saturated heterocycles. The number of hydrogen-bond acceptors (Lipinski definition) is 6. The number of ether oxygens (including phenoxy) is 2. The predicted octanol–water partition coefficient (Wildman–Crippen LogP) is 6.38. The standard InChI is InChI=1S/C28H26ClN3O4S/c1-18(2)32-27(34)25(37-28(32)30-20-9-5-4-6-10-20)16-19-13-14-23(24(15-19)35-3)36-17-26(33)31-22-12-8-7-11-21(22)29/h4-16,18H,17H2,1-3H3,(H,31,33)/b25-16+,30-28?. The van der Waals surface area contributed by atoms with Gasteiger partial charge in [-0.05, 0) is 73.6 Å². The molecular weight excluding hydrogens is 510 g/mol. The van der Waals surface area contributed by atoms with Crippen LogP contribution in [-0.2, 0) is 9.59 Å². The van der Waals surface area contributed by atoms with Crippen LogP contribution in [0.15, 0.2) is 82.7 Å². The molecule has 190 valence electrons. The molecule has 0 spiro atoms. The van der Waals surface area contributed by atoms with E-state index in [9.17, 15) is 9.59 Å². The number of para-hydroxylation sites is 2. The number of methoxy groups -OCH3 is 1. The average Bonchev–Trinajstić information content (AvgIpc) is 3.19. The highest BCUT2D eigenvalue weighted by atomic mass is 35.5. The normalized spacial score (nSPS) is 15.5. The lowest BCUT2D eigenvalue weighted by atomic mass is 10.1. The van der Waals surface area contributed by atoms with Crippen LogP contribution in [0.4, 0.5) is 11.4 Å². The first-order chi connectivity index (χ1) is 17.9. The molecule has 2 amide bonds. The van der Waals surface area contributed by atoms with Gasteiger partial charge in [0, 0.05) is 6.04 Å². The summed E-state index contributed by atoms with van der Waals surface area (Å²) in [5.41, 5.74) is 2.05. The van der Waals surface area contributed by atoms with Crippen molar-refractivity contribution < 1.29 is 19.1 Å². The van der Waals surface area contributed by atoms with Crippen molar-refractivity contribution in [2.75, 3.05) is 19.0 Å². The fraction of sp³-hybridized carbons (Fsp3) is 0.179. The highest BCUT2D eigenvalue weighted by Gasteiger charge is 2.35. The third-order valence-electron chi connectivity index (χ3n) is 5.33. The lowest BCUT2D eigenvalue weighted by molar-refractivity contribution is -0.123. The van der Waals surface area contributed by atoms with Crippen molar-refractivity contribution in [3.63, 3.8) is 0 Å². The van der Waals surface area contributed by atoms with E-state index in [-0.39, 0.29) is 24.5 Å². The van der Waals surface area contributed by atoms with Crippen LogP contribution in [0.2, 0.25) is 5.02 Å². The number of thioether (sulfide) groups is 1. The van der Waals surface area contributed by atoms with Crippen molar-refractivity contribution in [2.45, 2.75) is 19.9 Å². The lowest BCUT2D eigenvalue weighted by Crippen LogP contribution is -2.35. The van der Waals surface area contributed by atoms with Crippen molar-refractivity contribution in [2.24, 2.45) is 4.99 Å². The predicted molar refractivity (Wildman–Crippen MR) is 150 cm³/mol. The second-order valence-corrected chi connectivity index (χ2v) is 9.75. The van der Waals surface area contributed by atoms with E-state index in [1.165, 1.54) is 18.9 Å². The monoisotopic (exact) mass is 535 g/mol. The average molecular weight is 536 g/mol. The minimum atomic E-state index is -0.353. The number of anilines is 1. The largest absolute Gasteiger partial charge is 0.493 e. The van der Waals surface area contributed by atoms with Crippen molar-refractivity contribution in [1.82, 2.24) is 4.90 Å². The highest BCUT2D eigenvalue weighted by Crippen LogP contribution is 2.37. The molecule has 3 aromatic carbocycles. The minimum absolute atomic E-state index is 0.0458. The third-order valence-corrected chi connectivity index (χ3v) is 6.64. The van der Waals surface area contributed by atoms with Gasteiger partial charge in [0.25, 0.3) is 11.8 Å². The zero-order valence-electron chi connectivity index (χ0n) is 20.6. The van der Waals surface area contributed by atoms with Gasteiger partial charge in [-0.25, -0.2) is 4.99 Å². The summed E-state index contributed by atoms with van der Waals surface area (Å²) in [4.78, 5) is 32.4. The summed E-state index contributed by atoms with van der Waals surface area (Å²) in [6.45, 7) is 3.69. The molecule has 1 heterocycles. The van der Waals surface area contributed by atoms with E-state index in [2.05, 4.69) is 10.3 Å². The molecule has 1 aliphatic heterocycles. The van der Waals surface area contributed by atoms with Gasteiger partial charge in [-0.1, -0.05) is 48.0 Å². The maximum absolute atomic E-state index is 13.2. The molecule has 0 unspecified atom stereocenters. The molecule has 37 heavy (non-hydrogen) atoms. The molecule has 9 heteroatoms. The van der Waals surface area contributed by atoms with E-state index < -0.39 is 0 Å². The number of amidine groups is 1. The summed E-state index contributed by atoms with van der Waals surface area (Å²) in [6.07, 6.45) is 1.80. The number of rotatable bonds is 8. The first-order valence-corrected chi connectivity index (χ1v) is 12.8. The summed E-state index contributed by atoms with van der Waals surface area (Å²) in [6, 6.07) is 21.7. The SMILES string of the molecule is COc1cc(/C=C2/SC(=Nc3ccccc3)N(C(C)C)C2=O)ccc1OCC(=O)Nc1ccccc1Cl. The number of nitrogens with zero attached hydrogens (tertiary/aromatic N) is 2. The van der Waals surface area contributed by atoms with E-state index >= 15 is 0 Å². The fourth-order valence-electron chi connectivity index (χ4n) is 3.57. The Morgan fingerprint density at radius 3 is 2.51 bits per heavy atom. The molecule has 0 bridgehead atoms. The van der Waals surface area contributed by atoms with Crippen LogP contribution in [-0.4, -0.2) is 41.6 Å². The zero-order valence-corrected chi connectivity index (χ0v) is 22.2. The Kier molecular flexibility index (Phi) is 8.53. The first kappa shape index (κ1) is 26.3. The molecule has 0 aromatic heterocycles. The maximum Gasteiger partial charge on any atom is 0.266 e. The van der Waals surface area contributed by atoms with Crippen molar-refractivity contribution >= 4 is 57.8 Å². The van der Waals surface area contributed by atoms with Crippen molar-refractivity contribution in [1.29, 1.82) is 0 Å². The van der Waals surface area contributed by atoms with Gasteiger partial charge in [0.15, 0.2) is 23.3 Å². The van der Waals surface area contributed by atoms with Gasteiger partial charge in [-0.15, -0.1) is 0 Å². The van der Waals surface area contributed by atoms with E-state index in [0.717, 1.165) is 11.3 Å². The summed E-state index contributed by atoms with van der Waals surface area (Å²) in [5, 5.41) is 3.79. The molecule has 0 aliphatic carbocycles. The van der Waals surface area contributed by atoms with Crippen molar-refractivity contribution in [3.8, 4) is 11.5 Å². The number of carbonyl (C=O) groups excluding carboxylic acids is 2. The number of benzene rings is 3. The minimum Gasteiger partial charge on any atom is -0.493 e. The lowest BCUT2D eigenvalue weighted by Gasteiger charge is -2.19. The molecule has 1 N–H and O–H groups in total. The Balaban J connectivity index is 1.49. The third kappa shape index (κ3) is 6.53. The van der Waals surface area contributed by atoms with E-state index in [1.54, 1.807) is 53.4 Å². The molecule has 0 atom stereocenters. The molecule has 1 fully saturated rings. The fourth-order valence-corrected chi connectivity index (χ4v) is 4.87. The van der Waals surface area contributed by atoms with Crippen molar-refractivity contribution in [3.05, 3.63) is 88.3 Å². The van der Waals surface area contributed by atoms with Crippen LogP contribution in [0, 0.1) is 0 Å². The first-order valence-electron chi connectivity index (χ1n) is 11.6. The van der Waals surface area contributed by atoms with Crippen LogP contribution in [0.3, 0.4) is 0 Å². The van der Waals surface area contributed by atoms with E-state index in [0.29, 0.717) is 32.3 Å². The Hall–Kier alpha value is -3.75. The van der Waals surface area contributed by atoms with Gasteiger partial charge in [-0.3, -0.25) is 14.5 Å². The molecule has 7 nitrogen and oxygen atoms in total. The number of carbonyl (C=O) groups is 2. The molecule has 0 saturated carbocycles. The van der Waals surface area contributed by atoms with Crippen LogP contribution in [0.1, 0.15) is 19.4 Å². The number of hydrogen-bond donors (Lipinski definition) is 1. The van der Waals surface area contributed by atoms with Gasteiger partial charge in [0.2, 0.25) is 0 Å². The number of halogens is 1. The number of nitrogens with one attached hydrogen (secondary N) is 1. The topological polar surface area (TPSA) is 80.2 Å². The Bertz CT molecular complexity index is 1360. The van der Waals surface area contributed by atoms with Gasteiger partial charge in [-0.2, -0.15) is 0 Å². The highest BCUT2D eigenvalue weighted by molar-refractivity contribution is 8.18. The Morgan fingerprint density at radius 1 is 1.08 bits per heavy atom. The second-order valence-electron chi connectivity index (χ2n) is 8.34. The molecule has 4 rings (SSSR count).